The molecule has 0 spiro atoms. The lowest BCUT2D eigenvalue weighted by atomic mass is 10.1. The molecule has 0 fully saturated rings. The molecule has 0 aromatic heterocycles. The van der Waals surface area contributed by atoms with Gasteiger partial charge in [0.25, 0.3) is 11.6 Å². The van der Waals surface area contributed by atoms with Gasteiger partial charge in [-0.1, -0.05) is 48.0 Å². The molecule has 0 saturated heterocycles. The average Bonchev–Trinajstić information content (AvgIpc) is 2.78. The molecule has 3 N–H and O–H groups in total. The van der Waals surface area contributed by atoms with Crippen molar-refractivity contribution in [1.29, 1.82) is 0 Å². The lowest BCUT2D eigenvalue weighted by Gasteiger charge is -2.21. The molecule has 0 bridgehead atoms. The van der Waals surface area contributed by atoms with Crippen LogP contribution in [0.15, 0.2) is 72.8 Å². The number of nitrogens with zero attached hydrogens (tertiary/aromatic N) is 1. The van der Waals surface area contributed by atoms with E-state index in [1.807, 2.05) is 6.07 Å². The predicted octanol–water partition coefficient (Wildman–Crippen LogP) is 4.92. The van der Waals surface area contributed by atoms with E-state index >= 15 is 0 Å². The second-order valence-electron chi connectivity index (χ2n) is 6.58. The van der Waals surface area contributed by atoms with Crippen molar-refractivity contribution in [1.82, 2.24) is 5.32 Å². The van der Waals surface area contributed by atoms with Gasteiger partial charge in [0.15, 0.2) is 5.11 Å². The molecule has 8 nitrogen and oxygen atoms in total. The van der Waals surface area contributed by atoms with Crippen LogP contribution in [0.1, 0.15) is 11.6 Å². The largest absolute Gasteiger partial charge is 0.495 e. The lowest BCUT2D eigenvalue weighted by Crippen LogP contribution is -2.39. The Bertz CT molecular complexity index is 1140. The number of carbonyl (C=O) groups is 1. The van der Waals surface area contributed by atoms with Gasteiger partial charge >= 0.3 is 0 Å². The second kappa shape index (κ2) is 10.6. The van der Waals surface area contributed by atoms with Crippen molar-refractivity contribution in [3.63, 3.8) is 0 Å². The number of hydrogen-bond acceptors (Lipinski definition) is 5. The Labute approximate surface area is 194 Å². The minimum atomic E-state index is -0.847. The number of non-ortho nitro benzene ring substituents is 1. The Morgan fingerprint density at radius 2 is 1.81 bits per heavy atom. The van der Waals surface area contributed by atoms with Crippen molar-refractivity contribution in [3.05, 3.63) is 93.5 Å². The smallest absolute Gasteiger partial charge is 0.271 e. The van der Waals surface area contributed by atoms with Crippen LogP contribution in [0.2, 0.25) is 5.02 Å². The average molecular weight is 471 g/mol. The fraction of sp³-hybridized carbons (Fsp3) is 0.0909. The number of hydrogen-bond donors (Lipinski definition) is 3. The number of anilines is 2. The Kier molecular flexibility index (Phi) is 7.58. The number of halogens is 1. The van der Waals surface area contributed by atoms with Crippen LogP contribution >= 0.6 is 23.8 Å². The minimum Gasteiger partial charge on any atom is -0.495 e. The number of nitrogens with one attached hydrogen (secondary N) is 3. The first-order valence-electron chi connectivity index (χ1n) is 9.38. The number of amides is 1. The number of nitro benzene ring substituents is 1. The third-order valence-corrected chi connectivity index (χ3v) is 4.86. The number of methoxy groups -OCH3 is 1. The monoisotopic (exact) mass is 470 g/mol. The van der Waals surface area contributed by atoms with Gasteiger partial charge in [-0.05, 0) is 42.0 Å². The van der Waals surface area contributed by atoms with Crippen LogP contribution in [0.3, 0.4) is 0 Å². The maximum absolute atomic E-state index is 13.1. The Balaban J connectivity index is 1.82. The quantitative estimate of drug-likeness (QED) is 0.255. The highest BCUT2D eigenvalue weighted by Crippen LogP contribution is 2.29. The molecule has 164 valence electrons. The maximum Gasteiger partial charge on any atom is 0.271 e. The van der Waals surface area contributed by atoms with Gasteiger partial charge in [-0.25, -0.2) is 0 Å². The van der Waals surface area contributed by atoms with E-state index in [9.17, 15) is 14.9 Å². The summed E-state index contributed by atoms with van der Waals surface area (Å²) in [6.45, 7) is 0. The summed E-state index contributed by atoms with van der Waals surface area (Å²) in [5, 5.41) is 20.3. The highest BCUT2D eigenvalue weighted by Gasteiger charge is 2.22. The number of thiocarbonyl (C=S) groups is 1. The summed E-state index contributed by atoms with van der Waals surface area (Å²) in [4.78, 5) is 23.7. The van der Waals surface area contributed by atoms with Crippen molar-refractivity contribution >= 4 is 51.9 Å². The SMILES string of the molecule is COc1ccc([N+](=O)[O-])cc1NC(=S)NC(C(=O)Nc1cccc(Cl)c1)c1ccccc1. The van der Waals surface area contributed by atoms with Gasteiger partial charge < -0.3 is 20.7 Å². The summed E-state index contributed by atoms with van der Waals surface area (Å²) in [6.07, 6.45) is 0. The van der Waals surface area contributed by atoms with E-state index in [4.69, 9.17) is 28.6 Å². The van der Waals surface area contributed by atoms with Gasteiger partial charge in [0.05, 0.1) is 17.7 Å². The van der Waals surface area contributed by atoms with Crippen molar-refractivity contribution in [3.8, 4) is 5.75 Å². The van der Waals surface area contributed by atoms with Gasteiger partial charge in [0, 0.05) is 22.8 Å². The van der Waals surface area contributed by atoms with E-state index in [-0.39, 0.29) is 16.7 Å². The van der Waals surface area contributed by atoms with E-state index in [2.05, 4.69) is 16.0 Å². The van der Waals surface area contributed by atoms with Gasteiger partial charge in [-0.15, -0.1) is 0 Å². The van der Waals surface area contributed by atoms with Crippen LogP contribution < -0.4 is 20.7 Å². The summed E-state index contributed by atoms with van der Waals surface area (Å²) < 4.78 is 5.24. The normalized spacial score (nSPS) is 11.2. The van der Waals surface area contributed by atoms with Crippen LogP contribution in [-0.4, -0.2) is 23.1 Å². The Morgan fingerprint density at radius 1 is 1.06 bits per heavy atom. The molecule has 0 aliphatic rings. The molecule has 10 heteroatoms. The van der Waals surface area contributed by atoms with Crippen LogP contribution in [-0.2, 0) is 4.79 Å². The molecular formula is C22H19ClN4O4S. The Morgan fingerprint density at radius 3 is 2.47 bits per heavy atom. The molecule has 0 radical (unpaired) electrons. The van der Waals surface area contributed by atoms with Crippen LogP contribution in [0, 0.1) is 10.1 Å². The van der Waals surface area contributed by atoms with Gasteiger partial charge in [0.2, 0.25) is 0 Å². The number of nitro groups is 1. The molecular weight excluding hydrogens is 452 g/mol. The molecule has 32 heavy (non-hydrogen) atoms. The standard InChI is InChI=1S/C22H19ClN4O4S/c1-31-19-11-10-17(27(29)30)13-18(19)25-22(32)26-20(14-6-3-2-4-7-14)21(28)24-16-9-5-8-15(23)12-16/h2-13,20H,1H3,(H,24,28)(H2,25,26,32). The molecule has 1 atom stereocenters. The Hall–Kier alpha value is -3.69. The maximum atomic E-state index is 13.1. The summed E-state index contributed by atoms with van der Waals surface area (Å²) in [5.74, 6) is -0.00647. The number of carbonyl (C=O) groups excluding carboxylic acids is 1. The number of rotatable bonds is 7. The first kappa shape index (κ1) is 23.0. The van der Waals surface area contributed by atoms with E-state index in [1.165, 1.54) is 25.3 Å². The van der Waals surface area contributed by atoms with Crippen LogP contribution in [0.4, 0.5) is 17.1 Å². The highest BCUT2D eigenvalue weighted by atomic mass is 35.5. The first-order valence-corrected chi connectivity index (χ1v) is 10.2. The summed E-state index contributed by atoms with van der Waals surface area (Å²) in [7, 11) is 1.44. The third-order valence-electron chi connectivity index (χ3n) is 4.40. The summed E-state index contributed by atoms with van der Waals surface area (Å²) in [5.41, 5.74) is 1.36. The topological polar surface area (TPSA) is 106 Å². The second-order valence-corrected chi connectivity index (χ2v) is 7.43. The number of benzene rings is 3. The molecule has 0 heterocycles. The fourth-order valence-electron chi connectivity index (χ4n) is 2.92. The zero-order valence-corrected chi connectivity index (χ0v) is 18.4. The zero-order valence-electron chi connectivity index (χ0n) is 16.9. The first-order chi connectivity index (χ1) is 15.4. The van der Waals surface area contributed by atoms with Crippen molar-refractivity contribution in [2.45, 2.75) is 6.04 Å². The minimum absolute atomic E-state index is 0.0823. The van der Waals surface area contributed by atoms with Crippen molar-refractivity contribution in [2.75, 3.05) is 17.7 Å². The van der Waals surface area contributed by atoms with Gasteiger partial charge in [0.1, 0.15) is 11.8 Å². The lowest BCUT2D eigenvalue weighted by molar-refractivity contribution is -0.384. The summed E-state index contributed by atoms with van der Waals surface area (Å²) >= 11 is 11.4. The molecule has 0 aliphatic carbocycles. The zero-order chi connectivity index (χ0) is 23.1. The third kappa shape index (κ3) is 5.93. The molecule has 3 aromatic rings. The van der Waals surface area contributed by atoms with Crippen LogP contribution in [0.5, 0.6) is 5.75 Å². The van der Waals surface area contributed by atoms with E-state index in [0.717, 1.165) is 0 Å². The molecule has 1 amide bonds. The molecule has 3 aromatic carbocycles. The van der Waals surface area contributed by atoms with Gasteiger partial charge in [-0.2, -0.15) is 0 Å². The van der Waals surface area contributed by atoms with E-state index in [0.29, 0.717) is 27.7 Å². The molecule has 0 saturated carbocycles. The van der Waals surface area contributed by atoms with Crippen molar-refractivity contribution in [2.24, 2.45) is 0 Å². The highest BCUT2D eigenvalue weighted by molar-refractivity contribution is 7.80. The van der Waals surface area contributed by atoms with Crippen LogP contribution in [0.25, 0.3) is 0 Å². The fourth-order valence-corrected chi connectivity index (χ4v) is 3.34. The predicted molar refractivity (Wildman–Crippen MR) is 128 cm³/mol. The number of ether oxygens (including phenoxy) is 1. The molecule has 0 aliphatic heterocycles. The molecule has 1 unspecified atom stereocenters. The van der Waals surface area contributed by atoms with E-state index < -0.39 is 11.0 Å². The summed E-state index contributed by atoms with van der Waals surface area (Å²) in [6, 6.07) is 19.0. The van der Waals surface area contributed by atoms with Gasteiger partial charge in [-0.3, -0.25) is 14.9 Å². The molecule has 3 rings (SSSR count). The van der Waals surface area contributed by atoms with E-state index in [1.54, 1.807) is 48.5 Å². The van der Waals surface area contributed by atoms with Crippen molar-refractivity contribution < 1.29 is 14.5 Å².